The van der Waals surface area contributed by atoms with Gasteiger partial charge in [-0.25, -0.2) is 4.39 Å². The highest BCUT2D eigenvalue weighted by Gasteiger charge is 2.30. The summed E-state index contributed by atoms with van der Waals surface area (Å²) < 4.78 is 53.4. The minimum atomic E-state index is -4.52. The van der Waals surface area contributed by atoms with Gasteiger partial charge in [-0.15, -0.1) is 10.2 Å². The number of halogens is 4. The first-order valence-electron chi connectivity index (χ1n) is 10.1. The fourth-order valence-corrected chi connectivity index (χ4v) is 3.90. The zero-order valence-electron chi connectivity index (χ0n) is 18.2. The smallest absolute Gasteiger partial charge is 0.326 e. The highest BCUT2D eigenvalue weighted by Crippen LogP contribution is 2.30. The van der Waals surface area contributed by atoms with Crippen molar-refractivity contribution in [2.24, 2.45) is 0 Å². The zero-order valence-corrected chi connectivity index (χ0v) is 19.1. The van der Waals surface area contributed by atoms with Gasteiger partial charge in [-0.3, -0.25) is 9.59 Å². The van der Waals surface area contributed by atoms with E-state index >= 15 is 0 Å². The van der Waals surface area contributed by atoms with Gasteiger partial charge in [0.1, 0.15) is 11.6 Å². The van der Waals surface area contributed by atoms with Crippen molar-refractivity contribution in [1.29, 1.82) is 0 Å². The number of aryl methyl sites for hydroxylation is 1. The molecule has 0 aliphatic carbocycles. The number of carbonyl (C=O) groups is 2. The lowest BCUT2D eigenvalue weighted by molar-refractivity contribution is -0.137. The Kier molecular flexibility index (Phi) is 7.92. The Balaban J connectivity index is 1.60. The van der Waals surface area contributed by atoms with Crippen LogP contribution in [0.2, 0.25) is 0 Å². The topological polar surface area (TPSA) is 88.9 Å². The molecule has 3 rings (SSSR count). The van der Waals surface area contributed by atoms with Crippen molar-refractivity contribution in [3.63, 3.8) is 0 Å². The van der Waals surface area contributed by atoms with Gasteiger partial charge in [0.05, 0.1) is 17.7 Å². The molecule has 3 aromatic rings. The fraction of sp³-hybridized carbons (Fsp3) is 0.273. The maximum Gasteiger partial charge on any atom is 0.416 e. The number of thioether (sulfide) groups is 1. The van der Waals surface area contributed by atoms with Gasteiger partial charge in [-0.1, -0.05) is 17.8 Å². The minimum absolute atomic E-state index is 0.00534. The first-order chi connectivity index (χ1) is 16.1. The Bertz CT molecular complexity index is 1200. The molecule has 0 saturated carbocycles. The van der Waals surface area contributed by atoms with Gasteiger partial charge in [0.15, 0.2) is 5.16 Å². The number of amides is 2. The number of anilines is 2. The van der Waals surface area contributed by atoms with Gasteiger partial charge in [-0.05, 0) is 55.8 Å². The van der Waals surface area contributed by atoms with E-state index in [0.717, 1.165) is 23.9 Å². The van der Waals surface area contributed by atoms with E-state index in [1.165, 1.54) is 30.3 Å². The van der Waals surface area contributed by atoms with E-state index in [1.807, 2.05) is 6.92 Å². The number of hydrogen-bond acceptors (Lipinski definition) is 5. The average molecular weight is 496 g/mol. The molecule has 12 heteroatoms. The predicted molar refractivity (Wildman–Crippen MR) is 120 cm³/mol. The second kappa shape index (κ2) is 10.7. The van der Waals surface area contributed by atoms with Crippen LogP contribution in [0.25, 0.3) is 0 Å². The molecule has 180 valence electrons. The maximum atomic E-state index is 13.2. The summed E-state index contributed by atoms with van der Waals surface area (Å²) in [5.74, 6) is -0.961. The minimum Gasteiger partial charge on any atom is -0.326 e. The van der Waals surface area contributed by atoms with Crippen molar-refractivity contribution in [3.05, 3.63) is 65.2 Å². The molecule has 0 aliphatic heterocycles. The molecule has 0 unspecified atom stereocenters. The van der Waals surface area contributed by atoms with Gasteiger partial charge < -0.3 is 15.2 Å². The molecule has 0 fully saturated rings. The molecule has 0 atom stereocenters. The third-order valence-electron chi connectivity index (χ3n) is 4.70. The van der Waals surface area contributed by atoms with E-state index in [9.17, 15) is 27.2 Å². The lowest BCUT2D eigenvalue weighted by Crippen LogP contribution is -2.18. The highest BCUT2D eigenvalue weighted by molar-refractivity contribution is 7.99. The van der Waals surface area contributed by atoms with Crippen LogP contribution in [-0.4, -0.2) is 32.3 Å². The van der Waals surface area contributed by atoms with Crippen LogP contribution in [0, 0.1) is 12.7 Å². The van der Waals surface area contributed by atoms with Gasteiger partial charge in [-0.2, -0.15) is 13.2 Å². The van der Waals surface area contributed by atoms with E-state index in [4.69, 9.17) is 0 Å². The lowest BCUT2D eigenvalue weighted by atomic mass is 10.2. The van der Waals surface area contributed by atoms with Gasteiger partial charge >= 0.3 is 6.18 Å². The lowest BCUT2D eigenvalue weighted by Gasteiger charge is -2.11. The number of nitrogens with one attached hydrogen (secondary N) is 2. The molecule has 2 N–H and O–H groups in total. The molecule has 0 saturated heterocycles. The van der Waals surface area contributed by atoms with Crippen molar-refractivity contribution in [1.82, 2.24) is 14.8 Å². The standard InChI is InChI=1S/C22H21F4N5O2S/c1-3-31-18(11-19(32)27-16-6-4-5-14(10-16)22(24,25)26)29-30-21(31)34-12-20(33)28-17-8-7-15(23)9-13(17)2/h4-10H,3,11-12H2,1-2H3,(H,27,32)(H,28,33). The van der Waals surface area contributed by atoms with Gasteiger partial charge in [0, 0.05) is 17.9 Å². The predicted octanol–water partition coefficient (Wildman–Crippen LogP) is 4.68. The average Bonchev–Trinajstić information content (AvgIpc) is 3.15. The van der Waals surface area contributed by atoms with Crippen molar-refractivity contribution < 1.29 is 27.2 Å². The van der Waals surface area contributed by atoms with Crippen LogP contribution >= 0.6 is 11.8 Å². The van der Waals surface area contributed by atoms with E-state index in [2.05, 4.69) is 20.8 Å². The second-order valence-corrected chi connectivity index (χ2v) is 8.19. The summed E-state index contributed by atoms with van der Waals surface area (Å²) in [6.45, 7) is 3.90. The number of aromatic nitrogens is 3. The van der Waals surface area contributed by atoms with E-state index in [0.29, 0.717) is 28.8 Å². The summed E-state index contributed by atoms with van der Waals surface area (Å²) in [6.07, 6.45) is -4.73. The van der Waals surface area contributed by atoms with Crippen molar-refractivity contribution in [3.8, 4) is 0 Å². The second-order valence-electron chi connectivity index (χ2n) is 7.24. The summed E-state index contributed by atoms with van der Waals surface area (Å²) in [4.78, 5) is 24.7. The molecular weight excluding hydrogens is 474 g/mol. The van der Waals surface area contributed by atoms with Crippen LogP contribution in [0.4, 0.5) is 28.9 Å². The Morgan fingerprint density at radius 2 is 1.82 bits per heavy atom. The molecule has 0 aliphatic rings. The number of rotatable bonds is 8. The Labute approximate surface area is 197 Å². The van der Waals surface area contributed by atoms with Crippen LogP contribution in [0.3, 0.4) is 0 Å². The molecule has 2 amide bonds. The monoisotopic (exact) mass is 495 g/mol. The van der Waals surface area contributed by atoms with Gasteiger partial charge in [0.2, 0.25) is 11.8 Å². The quantitative estimate of drug-likeness (QED) is 0.350. The molecule has 0 bridgehead atoms. The van der Waals surface area contributed by atoms with Crippen molar-refractivity contribution >= 4 is 35.0 Å². The van der Waals surface area contributed by atoms with Crippen LogP contribution in [0.1, 0.15) is 23.9 Å². The first kappa shape index (κ1) is 25.2. The molecule has 1 aromatic heterocycles. The van der Waals surface area contributed by atoms with Crippen LogP contribution in [0.5, 0.6) is 0 Å². The maximum absolute atomic E-state index is 13.2. The Morgan fingerprint density at radius 1 is 1.06 bits per heavy atom. The Morgan fingerprint density at radius 3 is 2.50 bits per heavy atom. The zero-order chi connectivity index (χ0) is 24.9. The third-order valence-corrected chi connectivity index (χ3v) is 5.66. The van der Waals surface area contributed by atoms with Crippen LogP contribution in [-0.2, 0) is 28.7 Å². The molecular formula is C22H21F4N5O2S. The fourth-order valence-electron chi connectivity index (χ4n) is 3.08. The molecule has 0 radical (unpaired) electrons. The number of carbonyl (C=O) groups excluding carboxylic acids is 2. The summed E-state index contributed by atoms with van der Waals surface area (Å²) in [6, 6.07) is 8.38. The summed E-state index contributed by atoms with van der Waals surface area (Å²) >= 11 is 1.11. The van der Waals surface area contributed by atoms with Gasteiger partial charge in [0.25, 0.3) is 0 Å². The highest BCUT2D eigenvalue weighted by atomic mass is 32.2. The molecule has 2 aromatic carbocycles. The normalized spacial score (nSPS) is 11.4. The number of benzene rings is 2. The SMILES string of the molecule is CCn1c(CC(=O)Nc2cccc(C(F)(F)F)c2)nnc1SCC(=O)Nc1ccc(F)cc1C. The van der Waals surface area contributed by atoms with Crippen molar-refractivity contribution in [2.75, 3.05) is 16.4 Å². The molecule has 7 nitrogen and oxygen atoms in total. The number of nitrogens with zero attached hydrogens (tertiary/aromatic N) is 3. The molecule has 34 heavy (non-hydrogen) atoms. The largest absolute Gasteiger partial charge is 0.416 e. The van der Waals surface area contributed by atoms with E-state index in [1.54, 1.807) is 11.5 Å². The summed E-state index contributed by atoms with van der Waals surface area (Å²) in [5, 5.41) is 13.6. The first-order valence-corrected chi connectivity index (χ1v) is 11.1. The number of alkyl halides is 3. The third kappa shape index (κ3) is 6.56. The van der Waals surface area contributed by atoms with Crippen LogP contribution in [0.15, 0.2) is 47.6 Å². The Hall–Kier alpha value is -3.41. The summed E-state index contributed by atoms with van der Waals surface area (Å²) in [5.41, 5.74) is 0.236. The number of hydrogen-bond donors (Lipinski definition) is 2. The summed E-state index contributed by atoms with van der Waals surface area (Å²) in [7, 11) is 0. The van der Waals surface area contributed by atoms with E-state index in [-0.39, 0.29) is 23.8 Å². The molecule has 0 spiro atoms. The van der Waals surface area contributed by atoms with Crippen LogP contribution < -0.4 is 10.6 Å². The van der Waals surface area contributed by atoms with Crippen molar-refractivity contribution in [2.45, 2.75) is 38.1 Å². The van der Waals surface area contributed by atoms with E-state index < -0.39 is 23.5 Å². The molecule has 1 heterocycles.